The first kappa shape index (κ1) is 38.8. The van der Waals surface area contributed by atoms with Crippen molar-refractivity contribution in [1.29, 1.82) is 0 Å². The highest BCUT2D eigenvalue weighted by Crippen LogP contribution is 2.40. The summed E-state index contributed by atoms with van der Waals surface area (Å²) in [5, 5.41) is 13.9. The van der Waals surface area contributed by atoms with E-state index in [4.69, 9.17) is 44.4 Å². The van der Waals surface area contributed by atoms with E-state index in [1.165, 1.54) is 36.0 Å². The third-order valence-corrected chi connectivity index (χ3v) is 10.1. The molecule has 0 saturated heterocycles. The van der Waals surface area contributed by atoms with Gasteiger partial charge in [0.2, 0.25) is 0 Å². The number of ether oxygens (including phenoxy) is 1. The fourth-order valence-electron chi connectivity index (χ4n) is 5.53. The van der Waals surface area contributed by atoms with Crippen molar-refractivity contribution in [1.82, 2.24) is 9.55 Å². The summed E-state index contributed by atoms with van der Waals surface area (Å²) >= 11 is 14.2. The van der Waals surface area contributed by atoms with Crippen LogP contribution in [0.2, 0.25) is 10.0 Å². The van der Waals surface area contributed by atoms with Crippen LogP contribution in [0.4, 0.5) is 14.5 Å². The molecule has 1 heterocycles. The zero-order valence-electron chi connectivity index (χ0n) is 28.7. The van der Waals surface area contributed by atoms with E-state index in [9.17, 15) is 14.3 Å². The van der Waals surface area contributed by atoms with E-state index >= 15 is 4.39 Å². The largest absolute Gasteiger partial charge is 0.495 e. The molecule has 4 rings (SSSR count). The van der Waals surface area contributed by atoms with Gasteiger partial charge in [-0.3, -0.25) is 4.57 Å². The molecular weight excluding hydrogens is 705 g/mol. The molecule has 268 valence electrons. The van der Waals surface area contributed by atoms with Crippen LogP contribution in [-0.4, -0.2) is 45.8 Å². The minimum Gasteiger partial charge on any atom is -0.495 e. The van der Waals surface area contributed by atoms with Crippen molar-refractivity contribution < 1.29 is 23.4 Å². The zero-order valence-corrected chi connectivity index (χ0v) is 31.1. The van der Waals surface area contributed by atoms with Gasteiger partial charge in [0.15, 0.2) is 11.1 Å². The molecule has 0 fully saturated rings. The Labute approximate surface area is 305 Å². The van der Waals surface area contributed by atoms with Gasteiger partial charge in [-0.05, 0) is 72.4 Å². The fraction of sp³-hybridized carbons (Fsp3) is 0.361. The normalized spacial score (nSPS) is 13.1. The van der Waals surface area contributed by atoms with Crippen LogP contribution in [-0.2, 0) is 16.0 Å². The van der Waals surface area contributed by atoms with Crippen molar-refractivity contribution in [2.75, 3.05) is 12.4 Å². The van der Waals surface area contributed by atoms with Gasteiger partial charge in [0.1, 0.15) is 23.4 Å². The van der Waals surface area contributed by atoms with E-state index in [1.807, 2.05) is 51.3 Å². The average molecular weight is 748 g/mol. The lowest BCUT2D eigenvalue weighted by atomic mass is 9.81. The molecule has 1 aromatic heterocycles. The second kappa shape index (κ2) is 15.9. The van der Waals surface area contributed by atoms with Crippen molar-refractivity contribution in [3.63, 3.8) is 0 Å². The summed E-state index contributed by atoms with van der Waals surface area (Å²) < 4.78 is 37.0. The minimum atomic E-state index is -1.11. The number of hydrogen-bond donors (Lipinski definition) is 4. The summed E-state index contributed by atoms with van der Waals surface area (Å²) in [5.41, 5.74) is 13.1. The molecule has 0 amide bonds. The van der Waals surface area contributed by atoms with E-state index < -0.39 is 23.2 Å². The summed E-state index contributed by atoms with van der Waals surface area (Å²) in [7, 11) is 1.55. The minimum absolute atomic E-state index is 0.0747. The van der Waals surface area contributed by atoms with Crippen molar-refractivity contribution >= 4 is 52.6 Å². The van der Waals surface area contributed by atoms with Crippen LogP contribution in [0.1, 0.15) is 64.3 Å². The third-order valence-electron chi connectivity index (χ3n) is 8.49. The number of aromatic nitrogens is 2. The number of carboxylic acids is 1. The first-order chi connectivity index (χ1) is 23.4. The Bertz CT molecular complexity index is 1830. The number of carbonyl (C=O) groups is 1. The number of nitrogens with two attached hydrogens (primary N) is 2. The number of anilines is 1. The number of halogens is 4. The average Bonchev–Trinajstić information content (AvgIpc) is 3.46. The van der Waals surface area contributed by atoms with Crippen molar-refractivity contribution in [2.45, 2.75) is 75.9 Å². The Kier molecular flexibility index (Phi) is 12.3. The zero-order chi connectivity index (χ0) is 37.0. The van der Waals surface area contributed by atoms with Crippen molar-refractivity contribution in [3.8, 4) is 11.4 Å². The van der Waals surface area contributed by atoms with Crippen LogP contribution in [0, 0.1) is 17.0 Å². The fourth-order valence-corrected chi connectivity index (χ4v) is 7.10. The van der Waals surface area contributed by atoms with E-state index in [0.29, 0.717) is 28.0 Å². The molecule has 0 aliphatic rings. The molecule has 2 atom stereocenters. The van der Waals surface area contributed by atoms with Gasteiger partial charge in [0, 0.05) is 33.1 Å². The molecule has 0 saturated carbocycles. The maximum atomic E-state index is 15.6. The van der Waals surface area contributed by atoms with E-state index in [0.717, 1.165) is 11.3 Å². The molecule has 0 bridgehead atoms. The summed E-state index contributed by atoms with van der Waals surface area (Å²) in [4.78, 5) is 21.1. The number of benzene rings is 3. The quantitative estimate of drug-likeness (QED) is 0.0573. The molecule has 4 aromatic rings. The van der Waals surface area contributed by atoms with E-state index in [1.54, 1.807) is 31.5 Å². The number of nitrogens with one attached hydrogen (secondary N) is 1. The van der Waals surface area contributed by atoms with E-state index in [2.05, 4.69) is 10.3 Å². The van der Waals surface area contributed by atoms with Gasteiger partial charge in [0.25, 0.3) is 0 Å². The predicted molar refractivity (Wildman–Crippen MR) is 198 cm³/mol. The molecule has 0 spiro atoms. The Morgan fingerprint density at radius 2 is 1.72 bits per heavy atom. The molecule has 9 nitrogen and oxygen atoms in total. The van der Waals surface area contributed by atoms with Crippen LogP contribution in [0.25, 0.3) is 5.69 Å². The molecule has 0 aliphatic carbocycles. The maximum Gasteiger partial charge on any atom is 0.326 e. The maximum absolute atomic E-state index is 15.6. The van der Waals surface area contributed by atoms with Gasteiger partial charge < -0.3 is 26.6 Å². The first-order valence-corrected chi connectivity index (χ1v) is 17.5. The smallest absolute Gasteiger partial charge is 0.326 e. The monoisotopic (exact) mass is 746 g/mol. The van der Waals surface area contributed by atoms with E-state index in [-0.39, 0.29) is 51.7 Å². The number of carboxylic acid groups (broad SMARTS) is 1. The van der Waals surface area contributed by atoms with Gasteiger partial charge in [-0.25, -0.2) is 23.6 Å². The number of nitrogens with zero attached hydrogens (tertiary/aromatic N) is 3. The standard InChI is InChI=1S/C36H42Cl2F2N6O3S/c1-35(2,3)30(45-33(41)42)14-13-28(32(47)48)44-22-16-26(38)24(27(40)17-22)19-50-34-43-18-31(46(34)23-10-8-21(39)9-11-23)36(4,5)20-7-12-25(37)29(15-20)49-6/h7-12,15-18,28,30,44H,13-14,19H2,1-6H3,(H,47,48)(H4,41,42,45). The number of thioether (sulfide) groups is 1. The van der Waals surface area contributed by atoms with Gasteiger partial charge in [-0.2, -0.15) is 0 Å². The molecule has 50 heavy (non-hydrogen) atoms. The Morgan fingerprint density at radius 1 is 1.04 bits per heavy atom. The molecule has 0 aliphatic heterocycles. The van der Waals surface area contributed by atoms with Crippen LogP contribution < -0.4 is 21.5 Å². The highest BCUT2D eigenvalue weighted by atomic mass is 35.5. The second-order valence-corrected chi connectivity index (χ2v) is 15.2. The lowest BCUT2D eigenvalue weighted by Crippen LogP contribution is -2.35. The number of aliphatic imine (C=N–C) groups is 1. The number of hydrogen-bond acceptors (Lipinski definition) is 6. The summed E-state index contributed by atoms with van der Waals surface area (Å²) in [6, 6.07) is 12.9. The van der Waals surface area contributed by atoms with Crippen molar-refractivity contribution in [2.24, 2.45) is 21.9 Å². The number of aliphatic carboxylic acids is 1. The molecule has 2 unspecified atom stereocenters. The Morgan fingerprint density at radius 3 is 2.30 bits per heavy atom. The lowest BCUT2D eigenvalue weighted by Gasteiger charge is -2.28. The highest BCUT2D eigenvalue weighted by molar-refractivity contribution is 7.98. The predicted octanol–water partition coefficient (Wildman–Crippen LogP) is 8.42. The third kappa shape index (κ3) is 9.21. The first-order valence-electron chi connectivity index (χ1n) is 15.8. The Hall–Kier alpha value is -4.00. The second-order valence-electron chi connectivity index (χ2n) is 13.5. The molecular formula is C36H42Cl2F2N6O3S. The van der Waals surface area contributed by atoms with Crippen LogP contribution >= 0.6 is 35.0 Å². The summed E-state index contributed by atoms with van der Waals surface area (Å²) in [5.74, 6) is -1.56. The van der Waals surface area contributed by atoms with Crippen LogP contribution in [0.15, 0.2) is 70.9 Å². The van der Waals surface area contributed by atoms with Crippen LogP contribution in [0.3, 0.4) is 0 Å². The Balaban J connectivity index is 1.61. The topological polar surface area (TPSA) is 141 Å². The van der Waals surface area contributed by atoms with Gasteiger partial charge >= 0.3 is 5.97 Å². The number of guanidine groups is 1. The van der Waals surface area contributed by atoms with Gasteiger partial charge in [-0.15, -0.1) is 0 Å². The lowest BCUT2D eigenvalue weighted by molar-refractivity contribution is -0.138. The highest BCUT2D eigenvalue weighted by Gasteiger charge is 2.31. The SMILES string of the molecule is COc1cc(C(C)(C)c2cnc(SCc3c(F)cc(NC(CCC(N=C(N)N)C(C)(C)C)C(=O)O)cc3Cl)n2-c2ccc(F)cc2)ccc1Cl. The molecule has 3 aromatic carbocycles. The number of imidazole rings is 1. The summed E-state index contributed by atoms with van der Waals surface area (Å²) in [6.45, 7) is 9.94. The van der Waals surface area contributed by atoms with Crippen molar-refractivity contribution in [3.05, 3.63) is 99.3 Å². The number of methoxy groups -OCH3 is 1. The van der Waals surface area contributed by atoms with Crippen LogP contribution in [0.5, 0.6) is 5.75 Å². The van der Waals surface area contributed by atoms with Gasteiger partial charge in [-0.1, -0.05) is 75.6 Å². The number of rotatable bonds is 14. The molecule has 14 heteroatoms. The van der Waals surface area contributed by atoms with Gasteiger partial charge in [0.05, 0.1) is 30.1 Å². The summed E-state index contributed by atoms with van der Waals surface area (Å²) in [6.07, 6.45) is 2.29. The molecule has 6 N–H and O–H groups in total. The molecule has 0 radical (unpaired) electrons.